The molecule has 0 spiro atoms. The maximum Gasteiger partial charge on any atom is 0.460 e. The van der Waals surface area contributed by atoms with E-state index in [0.717, 1.165) is 18.2 Å². The van der Waals surface area contributed by atoms with E-state index in [4.69, 9.17) is 0 Å². The molecule has 2 rings (SSSR count). The fourth-order valence-corrected chi connectivity index (χ4v) is 2.10. The molecule has 0 aliphatic rings. The Morgan fingerprint density at radius 2 is 1.12 bits per heavy atom. The number of halogens is 9. The first-order valence-corrected chi connectivity index (χ1v) is 6.16. The molecule has 24 heavy (non-hydrogen) atoms. The van der Waals surface area contributed by atoms with Crippen LogP contribution in [0, 0.1) is 0 Å². The third-order valence-corrected chi connectivity index (χ3v) is 3.38. The van der Waals surface area contributed by atoms with Crippen molar-refractivity contribution in [2.45, 2.75) is 23.9 Å². The molecule has 0 aliphatic carbocycles. The lowest BCUT2D eigenvalue weighted by Crippen LogP contribution is -2.59. The summed E-state index contributed by atoms with van der Waals surface area (Å²) in [7, 11) is 0. The molecule has 0 saturated heterocycles. The number of rotatable bonds is 3. The van der Waals surface area contributed by atoms with Crippen LogP contribution in [0.2, 0.25) is 0 Å². The maximum atomic E-state index is 14.0. The zero-order valence-corrected chi connectivity index (χ0v) is 11.3. The van der Waals surface area contributed by atoms with Crippen LogP contribution in [-0.4, -0.2) is 23.1 Å². The first-order valence-electron chi connectivity index (χ1n) is 6.16. The van der Waals surface area contributed by atoms with Gasteiger partial charge >= 0.3 is 23.9 Å². The average molecular weight is 362 g/mol. The van der Waals surface area contributed by atoms with E-state index in [2.05, 4.69) is 0 Å². The molecular weight excluding hydrogens is 355 g/mol. The maximum absolute atomic E-state index is 14.0. The van der Waals surface area contributed by atoms with Crippen LogP contribution in [-0.2, 0) is 5.92 Å². The van der Waals surface area contributed by atoms with Crippen molar-refractivity contribution in [3.63, 3.8) is 0 Å². The normalized spacial score (nSPS) is 14.2. The molecule has 0 radical (unpaired) electrons. The van der Waals surface area contributed by atoms with Crippen LogP contribution in [0.4, 0.5) is 39.5 Å². The number of hydrogen-bond acceptors (Lipinski definition) is 1. The highest BCUT2D eigenvalue weighted by molar-refractivity contribution is 5.91. The average Bonchev–Trinajstić information content (AvgIpc) is 2.46. The van der Waals surface area contributed by atoms with Gasteiger partial charge in [-0.2, -0.15) is 39.5 Å². The predicted octanol–water partition coefficient (Wildman–Crippen LogP) is 5.47. The van der Waals surface area contributed by atoms with E-state index in [0.29, 0.717) is 6.07 Å². The summed E-state index contributed by atoms with van der Waals surface area (Å²) in [6, 6.07) is 4.80. The summed E-state index contributed by atoms with van der Waals surface area (Å²) in [6.45, 7) is 0. The van der Waals surface area contributed by atoms with Gasteiger partial charge in [-0.15, -0.1) is 0 Å². The van der Waals surface area contributed by atoms with Crippen molar-refractivity contribution in [2.24, 2.45) is 0 Å². The van der Waals surface area contributed by atoms with Gasteiger partial charge in [-0.25, -0.2) is 0 Å². The molecule has 0 unspecified atom stereocenters. The van der Waals surface area contributed by atoms with Crippen molar-refractivity contribution >= 4 is 10.8 Å². The number of alkyl halides is 9. The molecule has 2 aromatic rings. The van der Waals surface area contributed by atoms with Gasteiger partial charge < -0.3 is 5.11 Å². The Bertz CT molecular complexity index is 764. The van der Waals surface area contributed by atoms with Gasteiger partial charge in [0.25, 0.3) is 0 Å². The fourth-order valence-electron chi connectivity index (χ4n) is 2.10. The van der Waals surface area contributed by atoms with Crippen LogP contribution >= 0.6 is 0 Å². The molecule has 0 aromatic heterocycles. The molecule has 1 N–H and O–H groups in total. The van der Waals surface area contributed by atoms with Crippen molar-refractivity contribution in [1.29, 1.82) is 0 Å². The minimum atomic E-state index is -6.97. The molecule has 0 fully saturated rings. The van der Waals surface area contributed by atoms with Gasteiger partial charge in [-0.3, -0.25) is 0 Å². The first kappa shape index (κ1) is 18.2. The van der Waals surface area contributed by atoms with Crippen molar-refractivity contribution in [3.8, 4) is 5.75 Å². The summed E-state index contributed by atoms with van der Waals surface area (Å²) >= 11 is 0. The summed E-state index contributed by atoms with van der Waals surface area (Å²) in [5.41, 5.74) is -1.76. The molecule has 0 heterocycles. The van der Waals surface area contributed by atoms with E-state index in [-0.39, 0.29) is 6.07 Å². The number of fused-ring (bicyclic) bond motifs is 1. The zero-order chi connectivity index (χ0) is 18.6. The second-order valence-corrected chi connectivity index (χ2v) is 4.90. The van der Waals surface area contributed by atoms with Crippen LogP contribution < -0.4 is 0 Å². The van der Waals surface area contributed by atoms with E-state index in [9.17, 15) is 44.6 Å². The third kappa shape index (κ3) is 2.35. The van der Waals surface area contributed by atoms with Gasteiger partial charge in [0.1, 0.15) is 5.75 Å². The number of benzene rings is 2. The fraction of sp³-hybridized carbons (Fsp3) is 0.286. The van der Waals surface area contributed by atoms with E-state index < -0.39 is 46.0 Å². The lowest BCUT2D eigenvalue weighted by molar-refractivity contribution is -0.399. The monoisotopic (exact) mass is 362 g/mol. The van der Waals surface area contributed by atoms with Crippen molar-refractivity contribution in [3.05, 3.63) is 42.0 Å². The SMILES string of the molecule is Oc1ccc(C(F)(F)C(F)(F)C(F)(F)C(F)(F)F)c2ccccc12. The molecule has 0 bridgehead atoms. The van der Waals surface area contributed by atoms with Crippen molar-refractivity contribution < 1.29 is 44.6 Å². The van der Waals surface area contributed by atoms with Crippen LogP contribution in [0.3, 0.4) is 0 Å². The lowest BCUT2D eigenvalue weighted by atomic mass is 9.92. The lowest BCUT2D eigenvalue weighted by Gasteiger charge is -2.34. The van der Waals surface area contributed by atoms with E-state index >= 15 is 0 Å². The van der Waals surface area contributed by atoms with Gasteiger partial charge in [-0.05, 0) is 17.5 Å². The molecule has 1 nitrogen and oxygen atoms in total. The molecule has 0 aliphatic heterocycles. The summed E-state index contributed by atoms with van der Waals surface area (Å²) in [5, 5.41) is 8.31. The second-order valence-electron chi connectivity index (χ2n) is 4.90. The molecule has 10 heteroatoms. The molecular formula is C14H7F9O. The second kappa shape index (κ2) is 5.18. The van der Waals surface area contributed by atoms with Gasteiger partial charge in [0.15, 0.2) is 0 Å². The zero-order valence-electron chi connectivity index (χ0n) is 11.3. The van der Waals surface area contributed by atoms with Crippen molar-refractivity contribution in [2.75, 3.05) is 0 Å². The van der Waals surface area contributed by atoms with Crippen LogP contribution in [0.1, 0.15) is 5.56 Å². The quantitative estimate of drug-likeness (QED) is 0.718. The first-order chi connectivity index (χ1) is 10.7. The number of phenols is 1. The summed E-state index contributed by atoms with van der Waals surface area (Å²) in [4.78, 5) is 0. The topological polar surface area (TPSA) is 20.2 Å². The Balaban J connectivity index is 2.74. The smallest absolute Gasteiger partial charge is 0.460 e. The minimum absolute atomic E-state index is 0.179. The minimum Gasteiger partial charge on any atom is -0.507 e. The van der Waals surface area contributed by atoms with Crippen LogP contribution in [0.25, 0.3) is 10.8 Å². The molecule has 0 saturated carbocycles. The van der Waals surface area contributed by atoms with Gasteiger partial charge in [0, 0.05) is 10.9 Å². The summed E-state index contributed by atoms with van der Waals surface area (Å²) < 4.78 is 117. The Morgan fingerprint density at radius 1 is 0.625 bits per heavy atom. The Labute approximate surface area is 128 Å². The van der Waals surface area contributed by atoms with Crippen LogP contribution in [0.15, 0.2) is 36.4 Å². The third-order valence-electron chi connectivity index (χ3n) is 3.38. The highest BCUT2D eigenvalue weighted by atomic mass is 19.4. The molecule has 2 aromatic carbocycles. The summed E-state index contributed by atoms with van der Waals surface area (Å²) in [6.07, 6.45) is -6.88. The Hall–Kier alpha value is -2.13. The largest absolute Gasteiger partial charge is 0.507 e. The predicted molar refractivity (Wildman–Crippen MR) is 65.5 cm³/mol. The van der Waals surface area contributed by atoms with Gasteiger partial charge in [0.05, 0.1) is 0 Å². The van der Waals surface area contributed by atoms with E-state index in [1.165, 1.54) is 6.07 Å². The van der Waals surface area contributed by atoms with Gasteiger partial charge in [0.2, 0.25) is 0 Å². The number of aromatic hydroxyl groups is 1. The highest BCUT2D eigenvalue weighted by Crippen LogP contribution is 2.57. The number of phenolic OH excluding ortho intramolecular Hbond substituents is 1. The molecule has 0 amide bonds. The molecule has 132 valence electrons. The standard InChI is InChI=1S/C14H7F9O/c15-11(16,12(17,18)13(19,20)14(21,22)23)9-5-6-10(24)8-4-2-1-3-7(8)9/h1-6,24H. The molecule has 0 atom stereocenters. The van der Waals surface area contributed by atoms with Gasteiger partial charge in [-0.1, -0.05) is 24.3 Å². The summed E-state index contributed by atoms with van der Waals surface area (Å²) in [5.74, 6) is -20.2. The number of hydrogen-bond donors (Lipinski definition) is 1. The van der Waals surface area contributed by atoms with E-state index in [1.54, 1.807) is 0 Å². The van der Waals surface area contributed by atoms with Crippen LogP contribution in [0.5, 0.6) is 5.75 Å². The highest BCUT2D eigenvalue weighted by Gasteiger charge is 2.82. The Kier molecular flexibility index (Phi) is 3.93. The van der Waals surface area contributed by atoms with Crippen molar-refractivity contribution in [1.82, 2.24) is 0 Å². The van der Waals surface area contributed by atoms with E-state index in [1.807, 2.05) is 0 Å². The Morgan fingerprint density at radius 3 is 1.62 bits per heavy atom.